The molecule has 1 heterocycles. The van der Waals surface area contributed by atoms with E-state index in [9.17, 15) is 9.18 Å². The van der Waals surface area contributed by atoms with E-state index in [-0.39, 0.29) is 5.56 Å². The van der Waals surface area contributed by atoms with Gasteiger partial charge >= 0.3 is 0 Å². The van der Waals surface area contributed by atoms with E-state index in [0.29, 0.717) is 18.7 Å². The monoisotopic (exact) mass is 277 g/mol. The lowest BCUT2D eigenvalue weighted by Crippen LogP contribution is -2.18. The van der Waals surface area contributed by atoms with Crippen LogP contribution in [-0.2, 0) is 19.6 Å². The molecular weight excluding hydrogens is 261 g/mol. The van der Waals surface area contributed by atoms with Gasteiger partial charge in [-0.05, 0) is 19.1 Å². The molecule has 6 nitrogen and oxygen atoms in total. The number of nitrogens with zero attached hydrogens (tertiary/aromatic N) is 3. The molecule has 20 heavy (non-hydrogen) atoms. The summed E-state index contributed by atoms with van der Waals surface area (Å²) in [6, 6.07) is 4.21. The Morgan fingerprint density at radius 1 is 1.45 bits per heavy atom. The highest BCUT2D eigenvalue weighted by molar-refractivity contribution is 5.92. The van der Waals surface area contributed by atoms with Gasteiger partial charge in [-0.15, -0.1) is 10.2 Å². The number of benzene rings is 1. The smallest absolute Gasteiger partial charge is 0.248 e. The Balaban J connectivity index is 1.96. The van der Waals surface area contributed by atoms with Crippen LogP contribution in [0.2, 0.25) is 0 Å². The fourth-order valence-electron chi connectivity index (χ4n) is 1.83. The summed E-state index contributed by atoms with van der Waals surface area (Å²) >= 11 is 0. The molecule has 106 valence electrons. The summed E-state index contributed by atoms with van der Waals surface area (Å²) in [7, 11) is 0. The first-order chi connectivity index (χ1) is 9.61. The molecular formula is C13H16FN5O. The Morgan fingerprint density at radius 2 is 2.25 bits per heavy atom. The number of nitrogens with two attached hydrogens (primary N) is 1. The number of aryl methyl sites for hydroxylation is 1. The number of carbonyl (C=O) groups excluding carboxylic acids is 1. The molecule has 0 aliphatic carbocycles. The van der Waals surface area contributed by atoms with Crippen molar-refractivity contribution in [1.29, 1.82) is 0 Å². The first kappa shape index (κ1) is 14.1. The molecule has 0 saturated heterocycles. The Bertz CT molecular complexity index is 611. The van der Waals surface area contributed by atoms with Crippen molar-refractivity contribution >= 4 is 5.91 Å². The number of hydrogen-bond donors (Lipinski definition) is 2. The zero-order valence-electron chi connectivity index (χ0n) is 11.1. The van der Waals surface area contributed by atoms with Gasteiger partial charge in [0.1, 0.15) is 18.0 Å². The van der Waals surface area contributed by atoms with E-state index in [1.165, 1.54) is 6.07 Å². The zero-order valence-corrected chi connectivity index (χ0v) is 11.1. The molecule has 0 radical (unpaired) electrons. The van der Waals surface area contributed by atoms with Gasteiger partial charge in [0, 0.05) is 24.2 Å². The number of amides is 1. The van der Waals surface area contributed by atoms with Crippen molar-refractivity contribution in [1.82, 2.24) is 20.1 Å². The summed E-state index contributed by atoms with van der Waals surface area (Å²) in [5.41, 5.74) is 5.72. The molecule has 2 rings (SSSR count). The van der Waals surface area contributed by atoms with Crippen LogP contribution in [0.4, 0.5) is 4.39 Å². The van der Waals surface area contributed by atoms with E-state index in [1.807, 2.05) is 11.5 Å². The van der Waals surface area contributed by atoms with Gasteiger partial charge in [-0.2, -0.15) is 0 Å². The SMILES string of the molecule is CCn1cnnc1CNCc1ccc(C(N)=O)cc1F. The maximum atomic E-state index is 13.7. The van der Waals surface area contributed by atoms with Gasteiger partial charge in [-0.1, -0.05) is 6.07 Å². The number of carbonyl (C=O) groups is 1. The van der Waals surface area contributed by atoms with Gasteiger partial charge in [0.25, 0.3) is 0 Å². The van der Waals surface area contributed by atoms with Gasteiger partial charge in [-0.25, -0.2) is 4.39 Å². The first-order valence-electron chi connectivity index (χ1n) is 6.27. The van der Waals surface area contributed by atoms with Gasteiger partial charge in [-0.3, -0.25) is 4.79 Å². The van der Waals surface area contributed by atoms with Crippen molar-refractivity contribution in [2.45, 2.75) is 26.6 Å². The lowest BCUT2D eigenvalue weighted by Gasteiger charge is -2.07. The Labute approximate surface area is 115 Å². The number of rotatable bonds is 6. The van der Waals surface area contributed by atoms with Crippen molar-refractivity contribution in [3.05, 3.63) is 47.3 Å². The standard InChI is InChI=1S/C13H16FN5O/c1-2-19-8-17-18-12(19)7-16-6-10-4-3-9(13(15)20)5-11(10)14/h3-5,8,16H,2,6-7H2,1H3,(H2,15,20). The van der Waals surface area contributed by atoms with Crippen LogP contribution >= 0.6 is 0 Å². The van der Waals surface area contributed by atoms with Crippen LogP contribution in [0.25, 0.3) is 0 Å². The third-order valence-corrected chi connectivity index (χ3v) is 2.97. The topological polar surface area (TPSA) is 85.8 Å². The second kappa shape index (κ2) is 6.25. The number of hydrogen-bond acceptors (Lipinski definition) is 4. The van der Waals surface area contributed by atoms with Crippen LogP contribution in [0.3, 0.4) is 0 Å². The fraction of sp³-hybridized carbons (Fsp3) is 0.308. The third-order valence-electron chi connectivity index (χ3n) is 2.97. The molecule has 0 bridgehead atoms. The van der Waals surface area contributed by atoms with Crippen LogP contribution in [-0.4, -0.2) is 20.7 Å². The first-order valence-corrected chi connectivity index (χ1v) is 6.27. The van der Waals surface area contributed by atoms with Crippen molar-refractivity contribution in [3.8, 4) is 0 Å². The molecule has 0 aliphatic heterocycles. The van der Waals surface area contributed by atoms with E-state index >= 15 is 0 Å². The Kier molecular flexibility index (Phi) is 4.41. The van der Waals surface area contributed by atoms with E-state index < -0.39 is 11.7 Å². The predicted octanol–water partition coefficient (Wildman–Crippen LogP) is 0.826. The number of nitrogens with one attached hydrogen (secondary N) is 1. The second-order valence-corrected chi connectivity index (χ2v) is 4.31. The third kappa shape index (κ3) is 3.18. The molecule has 1 aromatic heterocycles. The average Bonchev–Trinajstić information content (AvgIpc) is 2.87. The van der Waals surface area contributed by atoms with E-state index in [1.54, 1.807) is 12.4 Å². The van der Waals surface area contributed by atoms with Crippen molar-refractivity contribution < 1.29 is 9.18 Å². The predicted molar refractivity (Wildman–Crippen MR) is 71.2 cm³/mol. The molecule has 0 fully saturated rings. The highest BCUT2D eigenvalue weighted by Crippen LogP contribution is 2.10. The minimum absolute atomic E-state index is 0.164. The molecule has 1 amide bonds. The van der Waals surface area contributed by atoms with Crippen LogP contribution in [0.15, 0.2) is 24.5 Å². The van der Waals surface area contributed by atoms with Gasteiger partial charge in [0.15, 0.2) is 0 Å². The molecule has 0 atom stereocenters. The lowest BCUT2D eigenvalue weighted by molar-refractivity contribution is 0.1000. The zero-order chi connectivity index (χ0) is 14.5. The maximum Gasteiger partial charge on any atom is 0.248 e. The maximum absolute atomic E-state index is 13.7. The van der Waals surface area contributed by atoms with Crippen LogP contribution < -0.4 is 11.1 Å². The van der Waals surface area contributed by atoms with Crippen LogP contribution in [0.1, 0.15) is 28.7 Å². The molecule has 3 N–H and O–H groups in total. The minimum Gasteiger partial charge on any atom is -0.366 e. The van der Waals surface area contributed by atoms with Crippen molar-refractivity contribution in [2.75, 3.05) is 0 Å². The number of halogens is 1. The minimum atomic E-state index is -0.639. The summed E-state index contributed by atoms with van der Waals surface area (Å²) in [5.74, 6) is -0.299. The number of aromatic nitrogens is 3. The molecule has 7 heteroatoms. The van der Waals surface area contributed by atoms with Crippen LogP contribution in [0, 0.1) is 5.82 Å². The van der Waals surface area contributed by atoms with Gasteiger partial charge in [0.05, 0.1) is 6.54 Å². The van der Waals surface area contributed by atoms with Crippen molar-refractivity contribution in [2.24, 2.45) is 5.73 Å². The molecule has 0 saturated carbocycles. The van der Waals surface area contributed by atoms with E-state index in [0.717, 1.165) is 18.4 Å². The molecule has 2 aromatic rings. The summed E-state index contributed by atoms with van der Waals surface area (Å²) in [5, 5.41) is 10.9. The van der Waals surface area contributed by atoms with Crippen molar-refractivity contribution in [3.63, 3.8) is 0 Å². The lowest BCUT2D eigenvalue weighted by atomic mass is 10.1. The quantitative estimate of drug-likeness (QED) is 0.818. The second-order valence-electron chi connectivity index (χ2n) is 4.31. The van der Waals surface area contributed by atoms with E-state index in [2.05, 4.69) is 15.5 Å². The highest BCUT2D eigenvalue weighted by Gasteiger charge is 2.07. The molecule has 1 aromatic carbocycles. The normalized spacial score (nSPS) is 10.7. The average molecular weight is 277 g/mol. The molecule has 0 spiro atoms. The summed E-state index contributed by atoms with van der Waals surface area (Å²) in [6.45, 7) is 3.60. The Morgan fingerprint density at radius 3 is 2.90 bits per heavy atom. The molecule has 0 unspecified atom stereocenters. The highest BCUT2D eigenvalue weighted by atomic mass is 19.1. The summed E-state index contributed by atoms with van der Waals surface area (Å²) in [6.07, 6.45) is 1.65. The van der Waals surface area contributed by atoms with E-state index in [4.69, 9.17) is 5.73 Å². The van der Waals surface area contributed by atoms with Gasteiger partial charge in [0.2, 0.25) is 5.91 Å². The number of primary amides is 1. The van der Waals surface area contributed by atoms with Crippen LogP contribution in [0.5, 0.6) is 0 Å². The largest absolute Gasteiger partial charge is 0.366 e. The molecule has 0 aliphatic rings. The fourth-order valence-corrected chi connectivity index (χ4v) is 1.83. The van der Waals surface area contributed by atoms with Gasteiger partial charge < -0.3 is 15.6 Å². The summed E-state index contributed by atoms with van der Waals surface area (Å²) in [4.78, 5) is 10.9. The summed E-state index contributed by atoms with van der Waals surface area (Å²) < 4.78 is 15.6. The Hall–Kier alpha value is -2.28.